The molecule has 2 aromatic carbocycles. The van der Waals surface area contributed by atoms with Gasteiger partial charge in [0.15, 0.2) is 5.16 Å². The molecule has 0 aliphatic carbocycles. The topological polar surface area (TPSA) is 78.2 Å². The van der Waals surface area contributed by atoms with E-state index in [0.717, 1.165) is 33.8 Å². The van der Waals surface area contributed by atoms with E-state index in [-0.39, 0.29) is 5.56 Å². The fourth-order valence-corrected chi connectivity index (χ4v) is 4.46. The summed E-state index contributed by atoms with van der Waals surface area (Å²) < 4.78 is 9.30. The molecule has 31 heavy (non-hydrogen) atoms. The van der Waals surface area contributed by atoms with Crippen molar-refractivity contribution >= 4 is 28.4 Å². The zero-order chi connectivity index (χ0) is 21.7. The number of thioether (sulfide) groups is 1. The van der Waals surface area contributed by atoms with Gasteiger partial charge in [0.1, 0.15) is 5.76 Å². The summed E-state index contributed by atoms with van der Waals surface area (Å²) in [5.74, 6) is 2.46. The standard InChI is InChI=1S/C23H21N5O2S/c1-13-9-10-14(2)19(11-13)27-21(29)17-7-5-6-8-18(17)28-22(27)25-26-23(28)31-12-20-24-15(3)16(4)30-20/h5-11H,12H2,1-4H3. The number of fused-ring (bicyclic) bond motifs is 3. The summed E-state index contributed by atoms with van der Waals surface area (Å²) in [5.41, 5.74) is 4.42. The van der Waals surface area contributed by atoms with E-state index in [4.69, 9.17) is 4.42 Å². The highest BCUT2D eigenvalue weighted by molar-refractivity contribution is 7.98. The van der Waals surface area contributed by atoms with Gasteiger partial charge in [0.05, 0.1) is 28.0 Å². The third-order valence-electron chi connectivity index (χ3n) is 5.40. The molecule has 5 rings (SSSR count). The molecule has 0 N–H and O–H groups in total. The van der Waals surface area contributed by atoms with Crippen LogP contribution in [0.25, 0.3) is 22.4 Å². The quantitative estimate of drug-likeness (QED) is 0.389. The average molecular weight is 432 g/mol. The number of benzene rings is 2. The van der Waals surface area contributed by atoms with Crippen LogP contribution in [0.5, 0.6) is 0 Å². The van der Waals surface area contributed by atoms with Crippen molar-refractivity contribution in [1.82, 2.24) is 24.1 Å². The van der Waals surface area contributed by atoms with Crippen LogP contribution in [0.1, 0.15) is 28.5 Å². The second-order valence-electron chi connectivity index (χ2n) is 7.60. The minimum atomic E-state index is -0.111. The van der Waals surface area contributed by atoms with Crippen molar-refractivity contribution in [2.24, 2.45) is 0 Å². The monoisotopic (exact) mass is 431 g/mol. The van der Waals surface area contributed by atoms with E-state index in [0.29, 0.717) is 28.0 Å². The van der Waals surface area contributed by atoms with E-state index < -0.39 is 0 Å². The maximum Gasteiger partial charge on any atom is 0.267 e. The van der Waals surface area contributed by atoms with Gasteiger partial charge >= 0.3 is 0 Å². The fraction of sp³-hybridized carbons (Fsp3) is 0.217. The molecule has 0 spiro atoms. The lowest BCUT2D eigenvalue weighted by Crippen LogP contribution is -2.22. The highest BCUT2D eigenvalue weighted by atomic mass is 32.2. The second-order valence-corrected chi connectivity index (χ2v) is 8.55. The smallest absolute Gasteiger partial charge is 0.267 e. The Balaban J connectivity index is 1.74. The number of aryl methyl sites for hydroxylation is 4. The third kappa shape index (κ3) is 3.23. The first-order valence-electron chi connectivity index (χ1n) is 9.96. The van der Waals surface area contributed by atoms with Crippen molar-refractivity contribution in [2.75, 3.05) is 0 Å². The van der Waals surface area contributed by atoms with Gasteiger partial charge in [-0.2, -0.15) is 0 Å². The van der Waals surface area contributed by atoms with Crippen LogP contribution in [-0.2, 0) is 5.75 Å². The van der Waals surface area contributed by atoms with Crippen molar-refractivity contribution in [1.29, 1.82) is 0 Å². The lowest BCUT2D eigenvalue weighted by atomic mass is 10.1. The van der Waals surface area contributed by atoms with Gasteiger partial charge in [-0.3, -0.25) is 9.20 Å². The molecule has 5 aromatic rings. The van der Waals surface area contributed by atoms with Gasteiger partial charge in [-0.25, -0.2) is 9.55 Å². The molecule has 0 saturated carbocycles. The number of para-hydroxylation sites is 1. The summed E-state index contributed by atoms with van der Waals surface area (Å²) in [6.07, 6.45) is 0. The van der Waals surface area contributed by atoms with Gasteiger partial charge in [-0.1, -0.05) is 36.0 Å². The van der Waals surface area contributed by atoms with Crippen LogP contribution in [0.4, 0.5) is 0 Å². The highest BCUT2D eigenvalue weighted by Gasteiger charge is 2.19. The molecule has 0 unspecified atom stereocenters. The molecular formula is C23H21N5O2S. The molecular weight excluding hydrogens is 410 g/mol. The van der Waals surface area contributed by atoms with Gasteiger partial charge in [-0.05, 0) is 57.0 Å². The first kappa shape index (κ1) is 19.6. The maximum atomic E-state index is 13.5. The van der Waals surface area contributed by atoms with Crippen LogP contribution in [-0.4, -0.2) is 24.1 Å². The Kier molecular flexibility index (Phi) is 4.66. The summed E-state index contributed by atoms with van der Waals surface area (Å²) in [7, 11) is 0. The zero-order valence-electron chi connectivity index (χ0n) is 17.7. The normalized spacial score (nSPS) is 11.6. The first-order valence-corrected chi connectivity index (χ1v) is 10.9. The summed E-state index contributed by atoms with van der Waals surface area (Å²) in [6, 6.07) is 13.6. The molecule has 0 atom stereocenters. The van der Waals surface area contributed by atoms with Gasteiger partial charge in [0.25, 0.3) is 5.56 Å². The van der Waals surface area contributed by atoms with Gasteiger partial charge in [0.2, 0.25) is 11.7 Å². The van der Waals surface area contributed by atoms with E-state index in [1.54, 1.807) is 4.57 Å². The van der Waals surface area contributed by atoms with Crippen molar-refractivity contribution in [3.8, 4) is 5.69 Å². The van der Waals surface area contributed by atoms with Crippen LogP contribution >= 0.6 is 11.8 Å². The SMILES string of the molecule is Cc1ccc(C)c(-n2c(=O)c3ccccc3n3c(SCc4nc(C)c(C)o4)nnc23)c1. The number of hydrogen-bond donors (Lipinski definition) is 0. The van der Waals surface area contributed by atoms with Crippen LogP contribution in [0, 0.1) is 27.7 Å². The number of aromatic nitrogens is 5. The van der Waals surface area contributed by atoms with Gasteiger partial charge < -0.3 is 4.42 Å². The predicted molar refractivity (Wildman–Crippen MR) is 121 cm³/mol. The van der Waals surface area contributed by atoms with Crippen molar-refractivity contribution in [2.45, 2.75) is 38.6 Å². The maximum absolute atomic E-state index is 13.5. The molecule has 8 heteroatoms. The minimum Gasteiger partial charge on any atom is -0.445 e. The van der Waals surface area contributed by atoms with Gasteiger partial charge in [0, 0.05) is 0 Å². The van der Waals surface area contributed by atoms with E-state index >= 15 is 0 Å². The Morgan fingerprint density at radius 1 is 1.03 bits per heavy atom. The van der Waals surface area contributed by atoms with Crippen LogP contribution in [0.15, 0.2) is 56.8 Å². The summed E-state index contributed by atoms with van der Waals surface area (Å²) in [6.45, 7) is 7.83. The van der Waals surface area contributed by atoms with Crippen molar-refractivity contribution in [3.05, 3.63) is 81.3 Å². The molecule has 0 saturated heterocycles. The molecule has 3 aromatic heterocycles. The highest BCUT2D eigenvalue weighted by Crippen LogP contribution is 2.27. The van der Waals surface area contributed by atoms with E-state index in [2.05, 4.69) is 15.2 Å². The lowest BCUT2D eigenvalue weighted by Gasteiger charge is -2.13. The Morgan fingerprint density at radius 3 is 2.61 bits per heavy atom. The average Bonchev–Trinajstić information content (AvgIpc) is 3.32. The molecule has 0 fully saturated rings. The summed E-state index contributed by atoms with van der Waals surface area (Å²) in [4.78, 5) is 17.9. The van der Waals surface area contributed by atoms with E-state index in [9.17, 15) is 4.79 Å². The number of nitrogens with zero attached hydrogens (tertiary/aromatic N) is 5. The third-order valence-corrected chi connectivity index (χ3v) is 6.31. The second kappa shape index (κ2) is 7.39. The van der Waals surface area contributed by atoms with Crippen LogP contribution in [0.3, 0.4) is 0 Å². The molecule has 3 heterocycles. The largest absolute Gasteiger partial charge is 0.445 e. The number of rotatable bonds is 4. The Labute approximate surface area is 182 Å². The molecule has 7 nitrogen and oxygen atoms in total. The van der Waals surface area contributed by atoms with Crippen LogP contribution < -0.4 is 5.56 Å². The predicted octanol–water partition coefficient (Wildman–Crippen LogP) is 4.55. The van der Waals surface area contributed by atoms with E-state index in [1.807, 2.05) is 74.6 Å². The Hall–Kier alpha value is -3.39. The van der Waals surface area contributed by atoms with Crippen LogP contribution in [0.2, 0.25) is 0 Å². The Bertz CT molecular complexity index is 1490. The van der Waals surface area contributed by atoms with Crippen molar-refractivity contribution < 1.29 is 4.42 Å². The summed E-state index contributed by atoms with van der Waals surface area (Å²) >= 11 is 1.48. The molecule has 0 bridgehead atoms. The first-order chi connectivity index (χ1) is 14.9. The molecule has 156 valence electrons. The van der Waals surface area contributed by atoms with E-state index in [1.165, 1.54) is 11.8 Å². The molecule has 0 aliphatic rings. The van der Waals surface area contributed by atoms with Crippen molar-refractivity contribution in [3.63, 3.8) is 0 Å². The number of oxazole rings is 1. The summed E-state index contributed by atoms with van der Waals surface area (Å²) in [5, 5.41) is 10.1. The van der Waals surface area contributed by atoms with Gasteiger partial charge in [-0.15, -0.1) is 10.2 Å². The minimum absolute atomic E-state index is 0.111. The fourth-order valence-electron chi connectivity index (χ4n) is 3.68. The molecule has 0 aliphatic heterocycles. The zero-order valence-corrected chi connectivity index (χ0v) is 18.5. The lowest BCUT2D eigenvalue weighted by molar-refractivity contribution is 0.489. The number of hydrogen-bond acceptors (Lipinski definition) is 6. The molecule has 0 radical (unpaired) electrons. The Morgan fingerprint density at radius 2 is 1.84 bits per heavy atom. The molecule has 0 amide bonds.